The molecule has 1 amide bonds. The minimum atomic E-state index is -0.274. The average molecular weight is 336 g/mol. The van der Waals surface area contributed by atoms with Gasteiger partial charge < -0.3 is 5.32 Å². The molecular formula is C18H29FN4O. The summed E-state index contributed by atoms with van der Waals surface area (Å²) in [5.74, 6) is -0.202. The van der Waals surface area contributed by atoms with Gasteiger partial charge in [0.1, 0.15) is 11.9 Å². The number of carbonyl (C=O) groups is 1. The molecule has 1 aliphatic rings. The van der Waals surface area contributed by atoms with E-state index < -0.39 is 0 Å². The van der Waals surface area contributed by atoms with Gasteiger partial charge >= 0.3 is 0 Å². The van der Waals surface area contributed by atoms with E-state index in [1.807, 2.05) is 6.07 Å². The Kier molecular flexibility index (Phi) is 6.71. The summed E-state index contributed by atoms with van der Waals surface area (Å²) in [7, 11) is 0. The molecule has 1 aliphatic heterocycles. The fourth-order valence-corrected chi connectivity index (χ4v) is 3.18. The van der Waals surface area contributed by atoms with Gasteiger partial charge in [0.2, 0.25) is 5.91 Å². The number of halogens is 1. The van der Waals surface area contributed by atoms with E-state index in [-0.39, 0.29) is 23.8 Å². The molecule has 0 bridgehead atoms. The third kappa shape index (κ3) is 4.53. The van der Waals surface area contributed by atoms with Crippen molar-refractivity contribution in [1.82, 2.24) is 21.1 Å². The highest BCUT2D eigenvalue weighted by molar-refractivity contribution is 5.82. The summed E-state index contributed by atoms with van der Waals surface area (Å²) < 4.78 is 13.4. The molecule has 6 heteroatoms. The van der Waals surface area contributed by atoms with Gasteiger partial charge in [0.15, 0.2) is 0 Å². The van der Waals surface area contributed by atoms with E-state index in [9.17, 15) is 9.18 Å². The maximum atomic E-state index is 13.4. The molecule has 3 N–H and O–H groups in total. The van der Waals surface area contributed by atoms with Crippen molar-refractivity contribution in [2.24, 2.45) is 0 Å². The van der Waals surface area contributed by atoms with Gasteiger partial charge in [-0.25, -0.2) is 15.2 Å². The monoisotopic (exact) mass is 336 g/mol. The minimum Gasteiger partial charge on any atom is -0.353 e. The van der Waals surface area contributed by atoms with Crippen LogP contribution in [0.15, 0.2) is 18.2 Å². The number of benzene rings is 1. The third-order valence-corrected chi connectivity index (χ3v) is 4.81. The SMILES string of the molecule is CCN(CC)C(C)CNC(=O)C1CC(c2ccc(F)c(C)c2)NN1. The van der Waals surface area contributed by atoms with Crippen molar-refractivity contribution >= 4 is 5.91 Å². The lowest BCUT2D eigenvalue weighted by Gasteiger charge is -2.26. The number of hydrogen-bond acceptors (Lipinski definition) is 4. The summed E-state index contributed by atoms with van der Waals surface area (Å²) in [5.41, 5.74) is 7.80. The first kappa shape index (κ1) is 18.8. The first-order valence-electron chi connectivity index (χ1n) is 8.75. The van der Waals surface area contributed by atoms with Crippen molar-refractivity contribution in [2.75, 3.05) is 19.6 Å². The van der Waals surface area contributed by atoms with E-state index in [0.29, 0.717) is 24.6 Å². The number of amides is 1. The van der Waals surface area contributed by atoms with Crippen LogP contribution in [0.4, 0.5) is 4.39 Å². The van der Waals surface area contributed by atoms with Crippen LogP contribution in [-0.4, -0.2) is 42.5 Å². The summed E-state index contributed by atoms with van der Waals surface area (Å²) in [5, 5.41) is 3.02. The molecule has 0 aromatic heterocycles. The van der Waals surface area contributed by atoms with Crippen molar-refractivity contribution < 1.29 is 9.18 Å². The number of hydrogen-bond donors (Lipinski definition) is 3. The van der Waals surface area contributed by atoms with Gasteiger partial charge in [0, 0.05) is 18.6 Å². The van der Waals surface area contributed by atoms with Crippen molar-refractivity contribution in [1.29, 1.82) is 0 Å². The van der Waals surface area contributed by atoms with Gasteiger partial charge in [-0.05, 0) is 50.6 Å². The smallest absolute Gasteiger partial charge is 0.238 e. The zero-order valence-electron chi connectivity index (χ0n) is 15.0. The number of likely N-dealkylation sites (N-methyl/N-ethyl adjacent to an activating group) is 1. The molecule has 24 heavy (non-hydrogen) atoms. The Morgan fingerprint density at radius 2 is 2.08 bits per heavy atom. The maximum Gasteiger partial charge on any atom is 0.238 e. The molecule has 1 saturated heterocycles. The highest BCUT2D eigenvalue weighted by Crippen LogP contribution is 2.24. The zero-order chi connectivity index (χ0) is 17.7. The van der Waals surface area contributed by atoms with Crippen LogP contribution >= 0.6 is 0 Å². The van der Waals surface area contributed by atoms with Gasteiger partial charge in [-0.2, -0.15) is 0 Å². The number of nitrogens with one attached hydrogen (secondary N) is 3. The lowest BCUT2D eigenvalue weighted by Crippen LogP contribution is -2.48. The highest BCUT2D eigenvalue weighted by atomic mass is 19.1. The van der Waals surface area contributed by atoms with Crippen molar-refractivity contribution in [2.45, 2.75) is 52.2 Å². The molecule has 1 heterocycles. The van der Waals surface area contributed by atoms with Gasteiger partial charge in [-0.1, -0.05) is 26.0 Å². The normalized spacial score (nSPS) is 21.9. The topological polar surface area (TPSA) is 56.4 Å². The van der Waals surface area contributed by atoms with Crippen molar-refractivity contribution in [3.8, 4) is 0 Å². The van der Waals surface area contributed by atoms with E-state index in [4.69, 9.17) is 0 Å². The Labute approximate surface area is 144 Å². The predicted molar refractivity (Wildman–Crippen MR) is 93.9 cm³/mol. The predicted octanol–water partition coefficient (Wildman–Crippen LogP) is 1.89. The number of hydrazine groups is 1. The Morgan fingerprint density at radius 1 is 1.38 bits per heavy atom. The fraction of sp³-hybridized carbons (Fsp3) is 0.611. The fourth-order valence-electron chi connectivity index (χ4n) is 3.18. The van der Waals surface area contributed by atoms with Gasteiger partial charge in [-0.15, -0.1) is 0 Å². The second-order valence-corrected chi connectivity index (χ2v) is 6.45. The molecule has 1 aromatic rings. The quantitative estimate of drug-likeness (QED) is 0.712. The molecule has 3 unspecified atom stereocenters. The average Bonchev–Trinajstić information content (AvgIpc) is 3.06. The molecule has 0 radical (unpaired) electrons. The van der Waals surface area contributed by atoms with Crippen molar-refractivity contribution in [3.63, 3.8) is 0 Å². The van der Waals surface area contributed by atoms with Crippen LogP contribution in [0, 0.1) is 12.7 Å². The van der Waals surface area contributed by atoms with E-state index in [0.717, 1.165) is 18.7 Å². The van der Waals surface area contributed by atoms with E-state index in [1.165, 1.54) is 6.07 Å². The molecule has 2 rings (SSSR count). The van der Waals surface area contributed by atoms with Crippen molar-refractivity contribution in [3.05, 3.63) is 35.1 Å². The molecule has 0 saturated carbocycles. The molecular weight excluding hydrogens is 307 g/mol. The highest BCUT2D eigenvalue weighted by Gasteiger charge is 2.30. The van der Waals surface area contributed by atoms with Gasteiger partial charge in [0.05, 0.1) is 0 Å². The zero-order valence-corrected chi connectivity index (χ0v) is 15.0. The van der Waals surface area contributed by atoms with Crippen LogP contribution in [-0.2, 0) is 4.79 Å². The Bertz CT molecular complexity index is 562. The number of rotatable bonds is 7. The second kappa shape index (κ2) is 8.55. The molecule has 134 valence electrons. The molecule has 0 spiro atoms. The lowest BCUT2D eigenvalue weighted by molar-refractivity contribution is -0.123. The largest absolute Gasteiger partial charge is 0.353 e. The van der Waals surface area contributed by atoms with Crippen LogP contribution < -0.4 is 16.2 Å². The summed E-state index contributed by atoms with van der Waals surface area (Å²) in [6.07, 6.45) is 0.649. The number of nitrogens with zero attached hydrogens (tertiary/aromatic N) is 1. The first-order chi connectivity index (χ1) is 11.5. The molecule has 5 nitrogen and oxygen atoms in total. The number of carbonyl (C=O) groups excluding carboxylic acids is 1. The standard InChI is InChI=1S/C18H29FN4O/c1-5-23(6-2)13(4)11-20-18(24)17-10-16(21-22-17)14-7-8-15(19)12(3)9-14/h7-9,13,16-17,21-22H,5-6,10-11H2,1-4H3,(H,20,24). The summed E-state index contributed by atoms with van der Waals surface area (Å²) >= 11 is 0. The Hall–Kier alpha value is -1.50. The Morgan fingerprint density at radius 3 is 2.71 bits per heavy atom. The van der Waals surface area contributed by atoms with Crippen LogP contribution in [0.3, 0.4) is 0 Å². The van der Waals surface area contributed by atoms with Gasteiger partial charge in [-0.3, -0.25) is 9.69 Å². The van der Waals surface area contributed by atoms with Crippen LogP contribution in [0.1, 0.15) is 44.4 Å². The van der Waals surface area contributed by atoms with Crippen LogP contribution in [0.2, 0.25) is 0 Å². The molecule has 3 atom stereocenters. The van der Waals surface area contributed by atoms with E-state index >= 15 is 0 Å². The maximum absolute atomic E-state index is 13.4. The lowest BCUT2D eigenvalue weighted by atomic mass is 10.00. The van der Waals surface area contributed by atoms with E-state index in [1.54, 1.807) is 13.0 Å². The van der Waals surface area contributed by atoms with Crippen LogP contribution in [0.25, 0.3) is 0 Å². The van der Waals surface area contributed by atoms with Gasteiger partial charge in [0.25, 0.3) is 0 Å². The molecule has 1 aromatic carbocycles. The minimum absolute atomic E-state index is 0.00263. The van der Waals surface area contributed by atoms with E-state index in [2.05, 4.69) is 41.8 Å². The summed E-state index contributed by atoms with van der Waals surface area (Å²) in [6.45, 7) is 10.7. The molecule has 0 aliphatic carbocycles. The number of aryl methyl sites for hydroxylation is 1. The van der Waals surface area contributed by atoms with Crippen LogP contribution in [0.5, 0.6) is 0 Å². The Balaban J connectivity index is 1.86. The first-order valence-corrected chi connectivity index (χ1v) is 8.75. The summed E-state index contributed by atoms with van der Waals surface area (Å²) in [4.78, 5) is 14.7. The molecule has 1 fully saturated rings. The summed E-state index contributed by atoms with van der Waals surface area (Å²) in [6, 6.07) is 5.13. The third-order valence-electron chi connectivity index (χ3n) is 4.81. The second-order valence-electron chi connectivity index (χ2n) is 6.45.